The first-order valence-electron chi connectivity index (χ1n) is 7.30. The topological polar surface area (TPSA) is 54.3 Å². The lowest BCUT2D eigenvalue weighted by Crippen LogP contribution is -2.47. The first-order valence-corrected chi connectivity index (χ1v) is 8.93. The third-order valence-electron chi connectivity index (χ3n) is 3.79. The number of rotatable bonds is 4. The second kappa shape index (κ2) is 7.27. The number of thiazole rings is 1. The van der Waals surface area contributed by atoms with Crippen LogP contribution in [-0.2, 0) is 13.2 Å². The van der Waals surface area contributed by atoms with E-state index >= 15 is 0 Å². The highest BCUT2D eigenvalue weighted by Gasteiger charge is 2.19. The molecule has 9 heteroatoms. The molecule has 0 spiro atoms. The molecule has 0 saturated carbocycles. The largest absolute Gasteiger partial charge is 0.295 e. The van der Waals surface area contributed by atoms with Crippen LogP contribution in [0, 0.1) is 6.92 Å². The molecule has 0 bridgehead atoms. The van der Waals surface area contributed by atoms with Crippen molar-refractivity contribution < 1.29 is 0 Å². The Morgan fingerprint density at radius 3 is 2.57 bits per heavy atom. The Hall–Kier alpha value is -0.990. The van der Waals surface area contributed by atoms with Crippen molar-refractivity contribution in [1.82, 2.24) is 24.6 Å². The van der Waals surface area contributed by atoms with Crippen molar-refractivity contribution in [3.8, 4) is 0 Å². The summed E-state index contributed by atoms with van der Waals surface area (Å²) in [4.78, 5) is 21.1. The van der Waals surface area contributed by atoms with Crippen LogP contribution in [0.4, 0.5) is 0 Å². The van der Waals surface area contributed by atoms with Crippen LogP contribution < -0.4 is 5.56 Å². The van der Waals surface area contributed by atoms with E-state index in [-0.39, 0.29) is 15.6 Å². The Kier molecular flexibility index (Phi) is 5.33. The van der Waals surface area contributed by atoms with Crippen LogP contribution >= 0.6 is 34.5 Å². The molecule has 23 heavy (non-hydrogen) atoms. The van der Waals surface area contributed by atoms with Crippen molar-refractivity contribution in [3.05, 3.63) is 42.7 Å². The fourth-order valence-electron chi connectivity index (χ4n) is 2.53. The summed E-state index contributed by atoms with van der Waals surface area (Å²) in [6.45, 7) is 6.95. The van der Waals surface area contributed by atoms with Crippen LogP contribution in [0.25, 0.3) is 0 Å². The van der Waals surface area contributed by atoms with Gasteiger partial charge in [-0.3, -0.25) is 14.6 Å². The van der Waals surface area contributed by atoms with E-state index in [1.165, 1.54) is 10.9 Å². The molecule has 0 atom stereocenters. The van der Waals surface area contributed by atoms with Gasteiger partial charge in [0.1, 0.15) is 5.02 Å². The number of aromatic nitrogens is 3. The van der Waals surface area contributed by atoms with Crippen LogP contribution in [0.15, 0.2) is 16.4 Å². The Balaban J connectivity index is 1.55. The quantitative estimate of drug-likeness (QED) is 0.821. The molecule has 3 heterocycles. The zero-order chi connectivity index (χ0) is 16.4. The number of piperazine rings is 1. The highest BCUT2D eigenvalue weighted by atomic mass is 35.5. The molecule has 6 nitrogen and oxygen atoms in total. The average Bonchev–Trinajstić information content (AvgIpc) is 2.95. The maximum Gasteiger partial charge on any atom is 0.288 e. The molecule has 1 aliphatic heterocycles. The van der Waals surface area contributed by atoms with Crippen molar-refractivity contribution in [2.24, 2.45) is 0 Å². The third-order valence-corrected chi connectivity index (χ3v) is 5.36. The van der Waals surface area contributed by atoms with Crippen molar-refractivity contribution >= 4 is 34.5 Å². The number of nitrogens with zero attached hydrogens (tertiary/aromatic N) is 5. The molecule has 3 rings (SSSR count). The Morgan fingerprint density at radius 2 is 1.91 bits per heavy atom. The summed E-state index contributed by atoms with van der Waals surface area (Å²) >= 11 is 13.4. The second-order valence-electron chi connectivity index (χ2n) is 5.50. The van der Waals surface area contributed by atoms with E-state index in [0.29, 0.717) is 6.67 Å². The van der Waals surface area contributed by atoms with Gasteiger partial charge in [0.05, 0.1) is 28.6 Å². The van der Waals surface area contributed by atoms with Gasteiger partial charge in [0.2, 0.25) is 0 Å². The van der Waals surface area contributed by atoms with E-state index in [1.807, 2.05) is 6.92 Å². The third kappa shape index (κ3) is 4.10. The average molecular weight is 374 g/mol. The minimum atomic E-state index is -0.348. The number of hydrogen-bond donors (Lipinski definition) is 0. The maximum atomic E-state index is 12.0. The number of hydrogen-bond acceptors (Lipinski definition) is 6. The zero-order valence-corrected chi connectivity index (χ0v) is 15.0. The molecule has 2 aromatic heterocycles. The first-order chi connectivity index (χ1) is 11.0. The molecule has 1 fully saturated rings. The molecule has 0 aromatic carbocycles. The highest BCUT2D eigenvalue weighted by Crippen LogP contribution is 2.15. The SMILES string of the molecule is Cc1nc(CN2CCN(Cn3ncc(Cl)c(Cl)c3=O)CC2)cs1. The lowest BCUT2D eigenvalue weighted by Gasteiger charge is -2.34. The summed E-state index contributed by atoms with van der Waals surface area (Å²) in [5.74, 6) is 0. The predicted octanol–water partition coefficient (Wildman–Crippen LogP) is 2.09. The Labute approximate surface area is 148 Å². The molecule has 0 radical (unpaired) electrons. The normalized spacial score (nSPS) is 16.8. The maximum absolute atomic E-state index is 12.0. The van der Waals surface area contributed by atoms with E-state index in [4.69, 9.17) is 23.2 Å². The van der Waals surface area contributed by atoms with E-state index in [9.17, 15) is 4.79 Å². The van der Waals surface area contributed by atoms with Gasteiger partial charge in [-0.15, -0.1) is 11.3 Å². The summed E-state index contributed by atoms with van der Waals surface area (Å²) in [6, 6.07) is 0. The van der Waals surface area contributed by atoms with E-state index in [2.05, 4.69) is 25.3 Å². The summed E-state index contributed by atoms with van der Waals surface area (Å²) in [5.41, 5.74) is 0.780. The van der Waals surface area contributed by atoms with E-state index in [0.717, 1.165) is 43.4 Å². The van der Waals surface area contributed by atoms with Gasteiger partial charge in [-0.25, -0.2) is 9.67 Å². The molecule has 2 aromatic rings. The van der Waals surface area contributed by atoms with Crippen molar-refractivity contribution in [3.63, 3.8) is 0 Å². The predicted molar refractivity (Wildman–Crippen MR) is 92.2 cm³/mol. The first kappa shape index (κ1) is 16.9. The van der Waals surface area contributed by atoms with Gasteiger partial charge in [-0.05, 0) is 6.92 Å². The van der Waals surface area contributed by atoms with E-state index < -0.39 is 0 Å². The Bertz CT molecular complexity index is 739. The minimum absolute atomic E-state index is 0.0270. The second-order valence-corrected chi connectivity index (χ2v) is 7.35. The van der Waals surface area contributed by atoms with Crippen molar-refractivity contribution in [2.45, 2.75) is 20.1 Å². The van der Waals surface area contributed by atoms with Crippen LogP contribution in [0.5, 0.6) is 0 Å². The molecule has 0 amide bonds. The number of aryl methyl sites for hydroxylation is 1. The van der Waals surface area contributed by atoms with Crippen LogP contribution in [0.2, 0.25) is 10.0 Å². The van der Waals surface area contributed by atoms with Crippen LogP contribution in [-0.4, -0.2) is 50.7 Å². The minimum Gasteiger partial charge on any atom is -0.295 e. The highest BCUT2D eigenvalue weighted by molar-refractivity contribution is 7.09. The molecule has 0 unspecified atom stereocenters. The van der Waals surface area contributed by atoms with Gasteiger partial charge in [-0.1, -0.05) is 23.2 Å². The lowest BCUT2D eigenvalue weighted by molar-refractivity contribution is 0.0963. The number of halogens is 2. The van der Waals surface area contributed by atoms with Gasteiger partial charge in [0, 0.05) is 38.1 Å². The van der Waals surface area contributed by atoms with Gasteiger partial charge >= 0.3 is 0 Å². The standard InChI is InChI=1S/C14H17Cl2N5OS/c1-10-18-11(8-23-10)7-19-2-4-20(5-3-19)9-21-14(22)13(16)12(15)6-17-21/h6,8H,2-5,7,9H2,1H3. The smallest absolute Gasteiger partial charge is 0.288 e. The summed E-state index contributed by atoms with van der Waals surface area (Å²) in [7, 11) is 0. The Morgan fingerprint density at radius 1 is 1.22 bits per heavy atom. The van der Waals surface area contributed by atoms with Crippen molar-refractivity contribution in [1.29, 1.82) is 0 Å². The summed E-state index contributed by atoms with van der Waals surface area (Å²) in [5, 5.41) is 7.48. The monoisotopic (exact) mass is 373 g/mol. The van der Waals surface area contributed by atoms with E-state index in [1.54, 1.807) is 11.3 Å². The molecule has 1 aliphatic rings. The summed E-state index contributed by atoms with van der Waals surface area (Å²) < 4.78 is 1.35. The fraction of sp³-hybridized carbons (Fsp3) is 0.500. The fourth-order valence-corrected chi connectivity index (χ4v) is 3.41. The van der Waals surface area contributed by atoms with Crippen LogP contribution in [0.1, 0.15) is 10.7 Å². The van der Waals surface area contributed by atoms with Gasteiger partial charge in [0.25, 0.3) is 5.56 Å². The van der Waals surface area contributed by atoms with Crippen LogP contribution in [0.3, 0.4) is 0 Å². The zero-order valence-electron chi connectivity index (χ0n) is 12.7. The molecular formula is C14H17Cl2N5OS. The molecule has 0 N–H and O–H groups in total. The van der Waals surface area contributed by atoms with Gasteiger partial charge in [0.15, 0.2) is 0 Å². The molecule has 124 valence electrons. The lowest BCUT2D eigenvalue weighted by atomic mass is 10.3. The van der Waals surface area contributed by atoms with Gasteiger partial charge in [-0.2, -0.15) is 5.10 Å². The molecular weight excluding hydrogens is 357 g/mol. The van der Waals surface area contributed by atoms with Gasteiger partial charge < -0.3 is 0 Å². The summed E-state index contributed by atoms with van der Waals surface area (Å²) in [6.07, 6.45) is 1.41. The van der Waals surface area contributed by atoms with Crippen molar-refractivity contribution in [2.75, 3.05) is 26.2 Å². The molecule has 0 aliphatic carbocycles. The molecule has 1 saturated heterocycles.